The molecule has 0 saturated carbocycles. The number of piperidine rings is 1. The van der Waals surface area contributed by atoms with Crippen molar-refractivity contribution in [1.82, 2.24) is 4.90 Å². The maximum Gasteiger partial charge on any atom is 0.119 e. The van der Waals surface area contributed by atoms with E-state index in [-0.39, 0.29) is 0 Å². The van der Waals surface area contributed by atoms with E-state index in [1.165, 1.54) is 32.4 Å². The quantitative estimate of drug-likeness (QED) is 0.798. The molecular weight excluding hydrogens is 302 g/mol. The normalized spacial score (nSPS) is 19.3. The monoisotopic (exact) mass is 325 g/mol. The minimum atomic E-state index is 0.572. The molecule has 0 bridgehead atoms. The maximum absolute atomic E-state index is 5.78. The van der Waals surface area contributed by atoms with Crippen LogP contribution < -0.4 is 4.74 Å². The topological polar surface area (TPSA) is 12.5 Å². The fourth-order valence-electron chi connectivity index (χ4n) is 2.49. The van der Waals surface area contributed by atoms with Crippen LogP contribution in [0.3, 0.4) is 0 Å². The highest BCUT2D eigenvalue weighted by Gasteiger charge is 2.27. The van der Waals surface area contributed by atoms with E-state index in [0.29, 0.717) is 5.41 Å². The predicted molar refractivity (Wildman–Crippen MR) is 83.7 cm³/mol. The van der Waals surface area contributed by atoms with E-state index in [0.717, 1.165) is 23.4 Å². The fourth-order valence-corrected chi connectivity index (χ4v) is 2.76. The van der Waals surface area contributed by atoms with E-state index in [4.69, 9.17) is 4.74 Å². The second-order valence-corrected chi connectivity index (χ2v) is 6.72. The van der Waals surface area contributed by atoms with Crippen LogP contribution in [0.15, 0.2) is 28.7 Å². The smallest absolute Gasteiger partial charge is 0.119 e. The lowest BCUT2D eigenvalue weighted by atomic mass is 9.78. The van der Waals surface area contributed by atoms with Crippen LogP contribution >= 0.6 is 15.9 Å². The van der Waals surface area contributed by atoms with Gasteiger partial charge in [0.15, 0.2) is 0 Å². The summed E-state index contributed by atoms with van der Waals surface area (Å²) in [6.45, 7) is 8.98. The summed E-state index contributed by atoms with van der Waals surface area (Å²) in [6.07, 6.45) is 3.94. The van der Waals surface area contributed by atoms with Crippen LogP contribution in [0, 0.1) is 5.41 Å². The van der Waals surface area contributed by atoms with Gasteiger partial charge in [-0.25, -0.2) is 0 Å². The summed E-state index contributed by atoms with van der Waals surface area (Å²) in [4.78, 5) is 2.52. The molecule has 1 aliphatic heterocycles. The van der Waals surface area contributed by atoms with Gasteiger partial charge in [0, 0.05) is 11.0 Å². The second kappa shape index (κ2) is 6.76. The first kappa shape index (κ1) is 14.9. The first-order chi connectivity index (χ1) is 9.11. The van der Waals surface area contributed by atoms with E-state index in [1.807, 2.05) is 24.3 Å². The van der Waals surface area contributed by atoms with Gasteiger partial charge < -0.3 is 4.74 Å². The average Bonchev–Trinajstić information content (AvgIpc) is 2.43. The Balaban J connectivity index is 1.68. The Morgan fingerprint density at radius 1 is 1.21 bits per heavy atom. The number of nitrogens with zero attached hydrogens (tertiary/aromatic N) is 1. The molecule has 1 aliphatic rings. The molecule has 0 aliphatic carbocycles. The van der Waals surface area contributed by atoms with Gasteiger partial charge in [0.1, 0.15) is 12.4 Å². The molecule has 0 aromatic heterocycles. The molecular formula is C16H24BrNO. The molecule has 0 amide bonds. The molecule has 1 aromatic carbocycles. The highest BCUT2D eigenvalue weighted by atomic mass is 79.9. The molecule has 106 valence electrons. The molecule has 1 fully saturated rings. The van der Waals surface area contributed by atoms with E-state index < -0.39 is 0 Å². The summed E-state index contributed by atoms with van der Waals surface area (Å²) >= 11 is 3.43. The van der Waals surface area contributed by atoms with Crippen LogP contribution in [0.5, 0.6) is 5.75 Å². The summed E-state index contributed by atoms with van der Waals surface area (Å²) in [5, 5.41) is 0. The molecule has 1 heterocycles. The number of rotatable bonds is 5. The van der Waals surface area contributed by atoms with Gasteiger partial charge in [-0.1, -0.05) is 36.2 Å². The van der Waals surface area contributed by atoms with Crippen molar-refractivity contribution in [2.75, 3.05) is 26.2 Å². The SMILES string of the molecule is CCC1(C)CCN(CCOc2ccc(Br)cc2)CC1. The molecule has 0 radical (unpaired) electrons. The lowest BCUT2D eigenvalue weighted by molar-refractivity contribution is 0.101. The summed E-state index contributed by atoms with van der Waals surface area (Å²) in [6, 6.07) is 8.05. The third-order valence-corrected chi connectivity index (χ3v) is 4.94. The van der Waals surface area contributed by atoms with Crippen LogP contribution in [-0.2, 0) is 0 Å². The largest absolute Gasteiger partial charge is 0.492 e. The Labute approximate surface area is 125 Å². The number of hydrogen-bond acceptors (Lipinski definition) is 2. The number of benzene rings is 1. The minimum absolute atomic E-state index is 0.572. The van der Waals surface area contributed by atoms with Crippen molar-refractivity contribution >= 4 is 15.9 Å². The van der Waals surface area contributed by atoms with E-state index in [2.05, 4.69) is 34.7 Å². The number of likely N-dealkylation sites (tertiary alicyclic amines) is 1. The van der Waals surface area contributed by atoms with Crippen molar-refractivity contribution in [2.45, 2.75) is 33.1 Å². The van der Waals surface area contributed by atoms with Crippen molar-refractivity contribution < 1.29 is 4.74 Å². The average molecular weight is 326 g/mol. The molecule has 2 rings (SSSR count). The Bertz CT molecular complexity index is 382. The van der Waals surface area contributed by atoms with Crippen LogP contribution in [0.25, 0.3) is 0 Å². The van der Waals surface area contributed by atoms with Gasteiger partial charge in [0.2, 0.25) is 0 Å². The van der Waals surface area contributed by atoms with Gasteiger partial charge >= 0.3 is 0 Å². The zero-order valence-corrected chi connectivity index (χ0v) is 13.6. The van der Waals surface area contributed by atoms with Gasteiger partial charge in [0.25, 0.3) is 0 Å². The van der Waals surface area contributed by atoms with Gasteiger partial charge in [-0.15, -0.1) is 0 Å². The van der Waals surface area contributed by atoms with Gasteiger partial charge in [-0.3, -0.25) is 4.90 Å². The number of hydrogen-bond donors (Lipinski definition) is 0. The summed E-state index contributed by atoms with van der Waals surface area (Å²) in [5.41, 5.74) is 0.572. The van der Waals surface area contributed by atoms with Crippen LogP contribution in [0.1, 0.15) is 33.1 Å². The van der Waals surface area contributed by atoms with E-state index in [9.17, 15) is 0 Å². The van der Waals surface area contributed by atoms with Gasteiger partial charge in [0.05, 0.1) is 0 Å². The Morgan fingerprint density at radius 3 is 2.42 bits per heavy atom. The number of ether oxygens (including phenoxy) is 1. The van der Waals surface area contributed by atoms with Crippen molar-refractivity contribution in [2.24, 2.45) is 5.41 Å². The summed E-state index contributed by atoms with van der Waals surface area (Å²) in [5.74, 6) is 0.957. The third kappa shape index (κ3) is 4.50. The number of halogens is 1. The molecule has 0 atom stereocenters. The van der Waals surface area contributed by atoms with E-state index >= 15 is 0 Å². The molecule has 19 heavy (non-hydrogen) atoms. The Kier molecular flexibility index (Phi) is 5.28. The highest BCUT2D eigenvalue weighted by Crippen LogP contribution is 2.33. The molecule has 1 aromatic rings. The Morgan fingerprint density at radius 2 is 1.84 bits per heavy atom. The Hall–Kier alpha value is -0.540. The van der Waals surface area contributed by atoms with E-state index in [1.54, 1.807) is 0 Å². The van der Waals surface area contributed by atoms with Crippen molar-refractivity contribution in [1.29, 1.82) is 0 Å². The molecule has 3 heteroatoms. The molecule has 0 spiro atoms. The second-order valence-electron chi connectivity index (χ2n) is 5.81. The summed E-state index contributed by atoms with van der Waals surface area (Å²) in [7, 11) is 0. The van der Waals surface area contributed by atoms with Crippen LogP contribution in [0.4, 0.5) is 0 Å². The predicted octanol–water partition coefficient (Wildman–Crippen LogP) is 4.34. The van der Waals surface area contributed by atoms with Crippen molar-refractivity contribution in [3.05, 3.63) is 28.7 Å². The molecule has 1 saturated heterocycles. The minimum Gasteiger partial charge on any atom is -0.492 e. The zero-order valence-electron chi connectivity index (χ0n) is 12.0. The first-order valence-corrected chi connectivity index (χ1v) is 8.01. The van der Waals surface area contributed by atoms with Crippen molar-refractivity contribution in [3.63, 3.8) is 0 Å². The fraction of sp³-hybridized carbons (Fsp3) is 0.625. The molecule has 2 nitrogen and oxygen atoms in total. The van der Waals surface area contributed by atoms with Crippen LogP contribution in [0.2, 0.25) is 0 Å². The lowest BCUT2D eigenvalue weighted by Crippen LogP contribution is -2.40. The summed E-state index contributed by atoms with van der Waals surface area (Å²) < 4.78 is 6.87. The lowest BCUT2D eigenvalue weighted by Gasteiger charge is -2.38. The maximum atomic E-state index is 5.78. The van der Waals surface area contributed by atoms with Gasteiger partial charge in [-0.2, -0.15) is 0 Å². The highest BCUT2D eigenvalue weighted by molar-refractivity contribution is 9.10. The van der Waals surface area contributed by atoms with Crippen LogP contribution in [-0.4, -0.2) is 31.1 Å². The van der Waals surface area contributed by atoms with Crippen molar-refractivity contribution in [3.8, 4) is 5.75 Å². The standard InChI is InChI=1S/C16H24BrNO/c1-3-16(2)8-10-18(11-9-16)12-13-19-15-6-4-14(17)5-7-15/h4-7H,3,8-13H2,1-2H3. The molecule has 0 N–H and O–H groups in total. The van der Waals surface area contributed by atoms with Gasteiger partial charge in [-0.05, 0) is 55.6 Å². The zero-order chi connectivity index (χ0) is 13.7. The molecule has 0 unspecified atom stereocenters. The first-order valence-electron chi connectivity index (χ1n) is 7.22. The third-order valence-electron chi connectivity index (χ3n) is 4.41.